The summed E-state index contributed by atoms with van der Waals surface area (Å²) >= 11 is 0. The van der Waals surface area contributed by atoms with Gasteiger partial charge in [0.05, 0.1) is 0 Å². The average molecular weight is 176 g/mol. The molecule has 1 aliphatic carbocycles. The molecule has 0 N–H and O–H groups in total. The number of hydrogen-bond acceptors (Lipinski definition) is 0. The fourth-order valence-corrected chi connectivity index (χ4v) is 1.47. The Morgan fingerprint density at radius 2 is 1.77 bits per heavy atom. The molecule has 0 bridgehead atoms. The van der Waals surface area contributed by atoms with Crippen LogP contribution in [0, 0.1) is 12.8 Å². The van der Waals surface area contributed by atoms with E-state index in [1.165, 1.54) is 24.8 Å². The monoisotopic (exact) mass is 176 g/mol. The van der Waals surface area contributed by atoms with E-state index >= 15 is 0 Å². The van der Waals surface area contributed by atoms with E-state index in [-0.39, 0.29) is 0 Å². The summed E-state index contributed by atoms with van der Waals surface area (Å²) in [5, 5.41) is 0. The smallest absolute Gasteiger partial charge is 0.0248 e. The van der Waals surface area contributed by atoms with Gasteiger partial charge in [-0.05, 0) is 43.2 Å². The molecule has 0 unspecified atom stereocenters. The lowest BCUT2D eigenvalue weighted by Gasteiger charge is -2.02. The highest BCUT2D eigenvalue weighted by Crippen LogP contribution is 2.33. The quantitative estimate of drug-likeness (QED) is 0.639. The molecule has 0 radical (unpaired) electrons. The second-order valence-electron chi connectivity index (χ2n) is 3.57. The Labute approximate surface area is 82.0 Å². The van der Waals surface area contributed by atoms with E-state index in [0.29, 0.717) is 0 Å². The summed E-state index contributed by atoms with van der Waals surface area (Å²) < 4.78 is 0. The number of benzene rings is 1. The summed E-state index contributed by atoms with van der Waals surface area (Å²) in [5.41, 5.74) is 3.01. The van der Waals surface area contributed by atoms with Crippen molar-refractivity contribution in [3.8, 4) is 0 Å². The molecule has 1 fully saturated rings. The van der Waals surface area contributed by atoms with Crippen molar-refractivity contribution < 1.29 is 0 Å². The van der Waals surface area contributed by atoms with Crippen molar-refractivity contribution in [3.05, 3.63) is 35.4 Å². The average Bonchev–Trinajstić information content (AvgIpc) is 2.96. The summed E-state index contributed by atoms with van der Waals surface area (Å²) in [6.45, 7) is 6.21. The molecule has 0 spiro atoms. The molecule has 0 heteroatoms. The molecule has 1 aromatic rings. The van der Waals surface area contributed by atoms with Crippen LogP contribution in [0.4, 0.5) is 0 Å². The molecule has 1 saturated carbocycles. The van der Waals surface area contributed by atoms with Crippen LogP contribution in [0.15, 0.2) is 24.3 Å². The van der Waals surface area contributed by atoms with E-state index in [9.17, 15) is 0 Å². The van der Waals surface area contributed by atoms with Gasteiger partial charge < -0.3 is 0 Å². The van der Waals surface area contributed by atoms with Gasteiger partial charge in [0.25, 0.3) is 0 Å². The second-order valence-corrected chi connectivity index (χ2v) is 3.57. The third-order valence-corrected chi connectivity index (χ3v) is 2.47. The lowest BCUT2D eigenvalue weighted by molar-refractivity contribution is 0.826. The Bertz CT molecular complexity index is 246. The van der Waals surface area contributed by atoms with Gasteiger partial charge in [0.1, 0.15) is 0 Å². The van der Waals surface area contributed by atoms with Crippen molar-refractivity contribution in [1.82, 2.24) is 0 Å². The van der Waals surface area contributed by atoms with E-state index < -0.39 is 0 Å². The van der Waals surface area contributed by atoms with Gasteiger partial charge in [0.15, 0.2) is 0 Å². The molecule has 2 rings (SSSR count). The molecular weight excluding hydrogens is 156 g/mol. The van der Waals surface area contributed by atoms with Crippen molar-refractivity contribution in [2.45, 2.75) is 40.0 Å². The van der Waals surface area contributed by atoms with Crippen molar-refractivity contribution >= 4 is 0 Å². The van der Waals surface area contributed by atoms with Gasteiger partial charge in [0, 0.05) is 0 Å². The first-order valence-corrected chi connectivity index (χ1v) is 5.41. The molecule has 0 aromatic heterocycles. The van der Waals surface area contributed by atoms with Crippen LogP contribution in [-0.4, -0.2) is 0 Å². The number of rotatable bonds is 2. The van der Waals surface area contributed by atoms with Gasteiger partial charge in [-0.3, -0.25) is 0 Å². The van der Waals surface area contributed by atoms with Crippen molar-refractivity contribution in [1.29, 1.82) is 0 Å². The Balaban J connectivity index is 0.000000396. The molecule has 1 aromatic carbocycles. The Kier molecular flexibility index (Phi) is 4.01. The highest BCUT2D eigenvalue weighted by atomic mass is 14.3. The number of hydrogen-bond donors (Lipinski definition) is 0. The Morgan fingerprint density at radius 3 is 2.31 bits per heavy atom. The predicted molar refractivity (Wildman–Crippen MR) is 59.0 cm³/mol. The first-order valence-electron chi connectivity index (χ1n) is 5.41. The zero-order valence-corrected chi connectivity index (χ0v) is 9.01. The second kappa shape index (κ2) is 5.06. The normalized spacial score (nSPS) is 14.7. The predicted octanol–water partition coefficient (Wildman–Crippen LogP) is 3.97. The van der Waals surface area contributed by atoms with Gasteiger partial charge in [-0.1, -0.05) is 38.1 Å². The molecule has 13 heavy (non-hydrogen) atoms. The minimum absolute atomic E-state index is 1.01. The topological polar surface area (TPSA) is 0 Å². The van der Waals surface area contributed by atoms with Gasteiger partial charge >= 0.3 is 0 Å². The maximum absolute atomic E-state index is 2.26. The van der Waals surface area contributed by atoms with Crippen LogP contribution in [0.2, 0.25) is 0 Å². The molecule has 72 valence electrons. The van der Waals surface area contributed by atoms with Crippen LogP contribution in [0.25, 0.3) is 0 Å². The van der Waals surface area contributed by atoms with Crippen molar-refractivity contribution in [2.75, 3.05) is 0 Å². The molecular formula is C13H20. The summed E-state index contributed by atoms with van der Waals surface area (Å²) in [5.74, 6) is 1.01. The lowest BCUT2D eigenvalue weighted by Crippen LogP contribution is -1.89. The number of aryl methyl sites for hydroxylation is 1. The third kappa shape index (κ3) is 3.22. The van der Waals surface area contributed by atoms with E-state index in [2.05, 4.69) is 31.2 Å². The van der Waals surface area contributed by atoms with Gasteiger partial charge in [-0.25, -0.2) is 0 Å². The van der Waals surface area contributed by atoms with Crippen molar-refractivity contribution in [2.24, 2.45) is 5.92 Å². The van der Waals surface area contributed by atoms with E-state index in [1.54, 1.807) is 5.56 Å². The first kappa shape index (κ1) is 10.3. The maximum atomic E-state index is 2.26. The van der Waals surface area contributed by atoms with Crippen LogP contribution < -0.4 is 0 Å². The molecule has 0 amide bonds. The lowest BCUT2D eigenvalue weighted by atomic mass is 10.0. The van der Waals surface area contributed by atoms with Crippen LogP contribution in [0.1, 0.15) is 37.8 Å². The summed E-state index contributed by atoms with van der Waals surface area (Å²) in [6.07, 6.45) is 4.22. The minimum Gasteiger partial charge on any atom is -0.0683 e. The molecule has 0 nitrogen and oxygen atoms in total. The third-order valence-electron chi connectivity index (χ3n) is 2.47. The molecule has 0 atom stereocenters. The van der Waals surface area contributed by atoms with E-state index in [4.69, 9.17) is 0 Å². The highest BCUT2D eigenvalue weighted by Gasteiger charge is 2.21. The molecule has 0 saturated heterocycles. The SMILES string of the molecule is CC.Cc1ccccc1CC1CC1. The summed E-state index contributed by atoms with van der Waals surface area (Å²) in [7, 11) is 0. The summed E-state index contributed by atoms with van der Waals surface area (Å²) in [4.78, 5) is 0. The van der Waals surface area contributed by atoms with E-state index in [1.807, 2.05) is 13.8 Å². The zero-order valence-electron chi connectivity index (χ0n) is 9.01. The molecule has 1 aliphatic rings. The summed E-state index contributed by atoms with van der Waals surface area (Å²) in [6, 6.07) is 8.72. The fourth-order valence-electron chi connectivity index (χ4n) is 1.47. The fraction of sp³-hybridized carbons (Fsp3) is 0.538. The Morgan fingerprint density at radius 1 is 1.15 bits per heavy atom. The van der Waals surface area contributed by atoms with Crippen LogP contribution in [0.3, 0.4) is 0 Å². The highest BCUT2D eigenvalue weighted by molar-refractivity contribution is 5.26. The standard InChI is InChI=1S/C11H14.C2H6/c1-9-4-2-3-5-11(9)8-10-6-7-10;1-2/h2-5,10H,6-8H2,1H3;1-2H3. The van der Waals surface area contributed by atoms with Crippen LogP contribution in [-0.2, 0) is 6.42 Å². The van der Waals surface area contributed by atoms with E-state index in [0.717, 1.165) is 5.92 Å². The van der Waals surface area contributed by atoms with Crippen LogP contribution in [0.5, 0.6) is 0 Å². The maximum Gasteiger partial charge on any atom is -0.0248 e. The van der Waals surface area contributed by atoms with Gasteiger partial charge in [-0.15, -0.1) is 0 Å². The largest absolute Gasteiger partial charge is 0.0683 e. The van der Waals surface area contributed by atoms with Crippen LogP contribution >= 0.6 is 0 Å². The van der Waals surface area contributed by atoms with Gasteiger partial charge in [-0.2, -0.15) is 0 Å². The first-order chi connectivity index (χ1) is 6.36. The molecule has 0 aliphatic heterocycles. The Hall–Kier alpha value is -0.780. The van der Waals surface area contributed by atoms with Gasteiger partial charge in [0.2, 0.25) is 0 Å². The zero-order chi connectivity index (χ0) is 9.68. The van der Waals surface area contributed by atoms with Crippen molar-refractivity contribution in [3.63, 3.8) is 0 Å². The molecule has 0 heterocycles. The minimum atomic E-state index is 1.01.